The van der Waals surface area contributed by atoms with Gasteiger partial charge in [-0.15, -0.1) is 11.3 Å². The van der Waals surface area contributed by atoms with Gasteiger partial charge in [0.2, 0.25) is 0 Å². The minimum atomic E-state index is 0.484. The average molecular weight is 218 g/mol. The van der Waals surface area contributed by atoms with E-state index in [1.165, 1.54) is 4.88 Å². The zero-order valence-corrected chi connectivity index (χ0v) is 9.66. The van der Waals surface area contributed by atoms with Gasteiger partial charge in [0.1, 0.15) is 0 Å². The standard InChI is InChI=1S/C10H16ClNS/c1-7(2)5-8(6-12)9-3-4-10(11)13-9/h3-4,7-8H,5-6,12H2,1-2H3. The van der Waals surface area contributed by atoms with Gasteiger partial charge in [-0.3, -0.25) is 0 Å². The summed E-state index contributed by atoms with van der Waals surface area (Å²) in [6.07, 6.45) is 1.15. The van der Waals surface area contributed by atoms with Crippen LogP contribution < -0.4 is 5.73 Å². The SMILES string of the molecule is CC(C)CC(CN)c1ccc(Cl)s1. The molecule has 0 saturated carbocycles. The molecular weight excluding hydrogens is 202 g/mol. The van der Waals surface area contributed by atoms with Crippen LogP contribution in [0.4, 0.5) is 0 Å². The molecule has 0 spiro atoms. The number of rotatable bonds is 4. The van der Waals surface area contributed by atoms with Crippen molar-refractivity contribution < 1.29 is 0 Å². The smallest absolute Gasteiger partial charge is 0.0931 e. The summed E-state index contributed by atoms with van der Waals surface area (Å²) in [4.78, 5) is 1.32. The predicted octanol–water partition coefficient (Wildman–Crippen LogP) is 3.49. The predicted molar refractivity (Wildman–Crippen MR) is 60.6 cm³/mol. The van der Waals surface area contributed by atoms with Gasteiger partial charge < -0.3 is 5.73 Å². The van der Waals surface area contributed by atoms with Crippen LogP contribution in [0, 0.1) is 5.92 Å². The molecule has 0 aliphatic rings. The first-order valence-corrected chi connectivity index (χ1v) is 5.78. The molecule has 1 aromatic heterocycles. The molecule has 1 rings (SSSR count). The van der Waals surface area contributed by atoms with Crippen molar-refractivity contribution in [2.24, 2.45) is 11.7 Å². The Morgan fingerprint density at radius 2 is 2.15 bits per heavy atom. The second-order valence-electron chi connectivity index (χ2n) is 3.70. The second-order valence-corrected chi connectivity index (χ2v) is 5.45. The van der Waals surface area contributed by atoms with Crippen molar-refractivity contribution in [2.75, 3.05) is 6.54 Å². The molecule has 0 aliphatic carbocycles. The van der Waals surface area contributed by atoms with Crippen LogP contribution in [0.15, 0.2) is 12.1 Å². The summed E-state index contributed by atoms with van der Waals surface area (Å²) in [5.74, 6) is 1.17. The lowest BCUT2D eigenvalue weighted by Crippen LogP contribution is -2.13. The first-order valence-electron chi connectivity index (χ1n) is 4.58. The topological polar surface area (TPSA) is 26.0 Å². The Morgan fingerprint density at radius 1 is 1.46 bits per heavy atom. The van der Waals surface area contributed by atoms with E-state index in [-0.39, 0.29) is 0 Å². The summed E-state index contributed by atoms with van der Waals surface area (Å²) >= 11 is 7.52. The molecule has 0 amide bonds. The highest BCUT2D eigenvalue weighted by Gasteiger charge is 2.13. The fraction of sp³-hybridized carbons (Fsp3) is 0.600. The largest absolute Gasteiger partial charge is 0.330 e. The van der Waals surface area contributed by atoms with E-state index in [1.54, 1.807) is 11.3 Å². The van der Waals surface area contributed by atoms with Gasteiger partial charge in [-0.1, -0.05) is 25.4 Å². The van der Waals surface area contributed by atoms with Crippen molar-refractivity contribution in [2.45, 2.75) is 26.2 Å². The van der Waals surface area contributed by atoms with E-state index in [0.29, 0.717) is 11.8 Å². The zero-order valence-electron chi connectivity index (χ0n) is 8.09. The molecule has 3 heteroatoms. The van der Waals surface area contributed by atoms with Gasteiger partial charge in [0.05, 0.1) is 4.34 Å². The van der Waals surface area contributed by atoms with E-state index in [1.807, 2.05) is 6.07 Å². The lowest BCUT2D eigenvalue weighted by molar-refractivity contribution is 0.509. The second kappa shape index (κ2) is 4.99. The summed E-state index contributed by atoms with van der Waals surface area (Å²) in [6, 6.07) is 4.04. The molecule has 1 heterocycles. The van der Waals surface area contributed by atoms with Crippen LogP contribution in [0.25, 0.3) is 0 Å². The summed E-state index contributed by atoms with van der Waals surface area (Å²) in [5, 5.41) is 0. The van der Waals surface area contributed by atoms with Crippen molar-refractivity contribution in [3.05, 3.63) is 21.3 Å². The van der Waals surface area contributed by atoms with E-state index in [0.717, 1.165) is 17.3 Å². The molecule has 0 bridgehead atoms. The molecule has 74 valence electrons. The van der Waals surface area contributed by atoms with Crippen LogP contribution in [0.1, 0.15) is 31.1 Å². The van der Waals surface area contributed by atoms with Gasteiger partial charge in [-0.05, 0) is 31.0 Å². The highest BCUT2D eigenvalue weighted by Crippen LogP contribution is 2.31. The number of thiophene rings is 1. The molecule has 1 aromatic rings. The van der Waals surface area contributed by atoms with E-state index in [2.05, 4.69) is 19.9 Å². The minimum absolute atomic E-state index is 0.484. The van der Waals surface area contributed by atoms with Crippen LogP contribution in [0.2, 0.25) is 4.34 Å². The lowest BCUT2D eigenvalue weighted by atomic mass is 9.96. The third-order valence-corrected chi connectivity index (χ3v) is 3.43. The Bertz CT molecular complexity index is 257. The molecule has 1 atom stereocenters. The van der Waals surface area contributed by atoms with Crippen LogP contribution in [-0.4, -0.2) is 6.54 Å². The van der Waals surface area contributed by atoms with Gasteiger partial charge in [0, 0.05) is 10.8 Å². The summed E-state index contributed by atoms with van der Waals surface area (Å²) in [6.45, 7) is 5.16. The molecule has 1 nitrogen and oxygen atoms in total. The molecule has 0 fully saturated rings. The zero-order chi connectivity index (χ0) is 9.84. The van der Waals surface area contributed by atoms with Crippen LogP contribution in [0.5, 0.6) is 0 Å². The fourth-order valence-electron chi connectivity index (χ4n) is 1.45. The Balaban J connectivity index is 2.66. The van der Waals surface area contributed by atoms with Crippen molar-refractivity contribution in [3.8, 4) is 0 Å². The van der Waals surface area contributed by atoms with Crippen LogP contribution in [0.3, 0.4) is 0 Å². The summed E-state index contributed by atoms with van der Waals surface area (Å²) in [7, 11) is 0. The maximum atomic E-state index is 5.88. The Hall–Kier alpha value is -0.0500. The van der Waals surface area contributed by atoms with Gasteiger partial charge in [0.25, 0.3) is 0 Å². The number of hydrogen-bond donors (Lipinski definition) is 1. The Labute approximate surface area is 88.9 Å². The first-order chi connectivity index (χ1) is 6.13. The molecule has 1 unspecified atom stereocenters. The number of hydrogen-bond acceptors (Lipinski definition) is 2. The number of nitrogens with two attached hydrogens (primary N) is 1. The van der Waals surface area contributed by atoms with Crippen LogP contribution >= 0.6 is 22.9 Å². The van der Waals surface area contributed by atoms with Gasteiger partial charge in [0.15, 0.2) is 0 Å². The highest BCUT2D eigenvalue weighted by molar-refractivity contribution is 7.16. The summed E-state index contributed by atoms with van der Waals surface area (Å²) in [5.41, 5.74) is 5.73. The Kier molecular flexibility index (Phi) is 4.23. The molecular formula is C10H16ClNS. The fourth-order valence-corrected chi connectivity index (χ4v) is 2.63. The van der Waals surface area contributed by atoms with E-state index < -0.39 is 0 Å². The third-order valence-electron chi connectivity index (χ3n) is 2.04. The monoisotopic (exact) mass is 217 g/mol. The molecule has 0 radical (unpaired) electrons. The van der Waals surface area contributed by atoms with Gasteiger partial charge in [-0.2, -0.15) is 0 Å². The van der Waals surface area contributed by atoms with Crippen molar-refractivity contribution >= 4 is 22.9 Å². The quantitative estimate of drug-likeness (QED) is 0.821. The summed E-state index contributed by atoms with van der Waals surface area (Å²) < 4.78 is 0.859. The van der Waals surface area contributed by atoms with E-state index in [9.17, 15) is 0 Å². The number of halogens is 1. The molecule has 13 heavy (non-hydrogen) atoms. The van der Waals surface area contributed by atoms with Crippen molar-refractivity contribution in [3.63, 3.8) is 0 Å². The third kappa shape index (κ3) is 3.29. The van der Waals surface area contributed by atoms with E-state index >= 15 is 0 Å². The maximum Gasteiger partial charge on any atom is 0.0931 e. The molecule has 0 aromatic carbocycles. The maximum absolute atomic E-state index is 5.88. The lowest BCUT2D eigenvalue weighted by Gasteiger charge is -2.14. The Morgan fingerprint density at radius 3 is 2.54 bits per heavy atom. The van der Waals surface area contributed by atoms with E-state index in [4.69, 9.17) is 17.3 Å². The molecule has 2 N–H and O–H groups in total. The first kappa shape index (κ1) is 11.0. The van der Waals surface area contributed by atoms with Crippen LogP contribution in [-0.2, 0) is 0 Å². The molecule has 0 aliphatic heterocycles. The normalized spacial score (nSPS) is 13.6. The molecule has 0 saturated heterocycles. The van der Waals surface area contributed by atoms with Crippen molar-refractivity contribution in [1.29, 1.82) is 0 Å². The minimum Gasteiger partial charge on any atom is -0.330 e. The van der Waals surface area contributed by atoms with Gasteiger partial charge >= 0.3 is 0 Å². The van der Waals surface area contributed by atoms with Crippen molar-refractivity contribution in [1.82, 2.24) is 0 Å². The average Bonchev–Trinajstić information content (AvgIpc) is 2.47. The highest BCUT2D eigenvalue weighted by atomic mass is 35.5. The van der Waals surface area contributed by atoms with Gasteiger partial charge in [-0.25, -0.2) is 0 Å².